The van der Waals surface area contributed by atoms with Crippen LogP contribution in [0.25, 0.3) is 0 Å². The van der Waals surface area contributed by atoms with Crippen molar-refractivity contribution in [2.24, 2.45) is 0 Å². The van der Waals surface area contributed by atoms with Crippen molar-refractivity contribution >= 4 is 17.3 Å². The zero-order valence-corrected chi connectivity index (χ0v) is 14.7. The van der Waals surface area contributed by atoms with E-state index in [0.29, 0.717) is 11.4 Å². The second-order valence-corrected chi connectivity index (χ2v) is 6.68. The van der Waals surface area contributed by atoms with E-state index in [9.17, 15) is 20.0 Å². The highest BCUT2D eigenvalue weighted by Gasteiger charge is 2.49. The van der Waals surface area contributed by atoms with Gasteiger partial charge in [0.25, 0.3) is 5.69 Å². The molecule has 4 rings (SSSR count). The quantitative estimate of drug-likeness (QED) is 0.658. The van der Waals surface area contributed by atoms with Gasteiger partial charge in [-0.05, 0) is 42.7 Å². The maximum atomic E-state index is 13.1. The number of fused-ring (bicyclic) bond motifs is 1. The van der Waals surface area contributed by atoms with Crippen LogP contribution in [0.15, 0.2) is 42.5 Å². The van der Waals surface area contributed by atoms with Crippen LogP contribution in [0.2, 0.25) is 0 Å². The molecule has 2 saturated heterocycles. The van der Waals surface area contributed by atoms with E-state index in [1.54, 1.807) is 29.2 Å². The van der Waals surface area contributed by atoms with Crippen molar-refractivity contribution in [1.82, 2.24) is 4.90 Å². The van der Waals surface area contributed by atoms with E-state index in [1.807, 2.05) is 6.07 Å². The number of ether oxygens (including phenoxy) is 1. The van der Waals surface area contributed by atoms with Gasteiger partial charge in [-0.2, -0.15) is 0 Å². The van der Waals surface area contributed by atoms with Crippen LogP contribution >= 0.6 is 0 Å². The minimum Gasteiger partial charge on any atom is -0.504 e. The molecule has 1 amide bonds. The van der Waals surface area contributed by atoms with Crippen molar-refractivity contribution in [2.45, 2.75) is 25.0 Å². The van der Waals surface area contributed by atoms with Gasteiger partial charge in [0.05, 0.1) is 18.1 Å². The zero-order valence-electron chi connectivity index (χ0n) is 14.7. The third-order valence-electron chi connectivity index (χ3n) is 5.22. The highest BCUT2D eigenvalue weighted by Crippen LogP contribution is 2.44. The Bertz CT molecular complexity index is 899. The second kappa shape index (κ2) is 6.55. The number of carbonyl (C=O) groups is 1. The third kappa shape index (κ3) is 2.78. The first-order valence-corrected chi connectivity index (χ1v) is 8.71. The maximum Gasteiger partial charge on any atom is 0.269 e. The van der Waals surface area contributed by atoms with Crippen LogP contribution in [-0.2, 0) is 4.79 Å². The van der Waals surface area contributed by atoms with E-state index in [-0.39, 0.29) is 29.6 Å². The van der Waals surface area contributed by atoms with E-state index in [2.05, 4.69) is 4.90 Å². The molecule has 0 saturated carbocycles. The number of phenols is 1. The molecular formula is C19H19N3O5. The first kappa shape index (κ1) is 17.3. The Morgan fingerprint density at radius 3 is 2.59 bits per heavy atom. The Kier molecular flexibility index (Phi) is 4.19. The van der Waals surface area contributed by atoms with Gasteiger partial charge in [-0.3, -0.25) is 24.7 Å². The smallest absolute Gasteiger partial charge is 0.269 e. The largest absolute Gasteiger partial charge is 0.504 e. The summed E-state index contributed by atoms with van der Waals surface area (Å²) in [6.45, 7) is 0.775. The summed E-state index contributed by atoms with van der Waals surface area (Å²) in [6.07, 6.45) is 1.34. The molecule has 27 heavy (non-hydrogen) atoms. The molecule has 0 aromatic heterocycles. The number of phenolic OH excluding ortho intramolecular Hbond substituents is 1. The van der Waals surface area contributed by atoms with Crippen molar-refractivity contribution < 1.29 is 19.6 Å². The summed E-state index contributed by atoms with van der Waals surface area (Å²) in [5.41, 5.74) is 1.34. The van der Waals surface area contributed by atoms with Crippen LogP contribution < -0.4 is 9.64 Å². The topological polar surface area (TPSA) is 96.2 Å². The molecule has 0 aliphatic carbocycles. The van der Waals surface area contributed by atoms with Crippen LogP contribution in [0.4, 0.5) is 11.4 Å². The fourth-order valence-electron chi connectivity index (χ4n) is 3.99. The van der Waals surface area contributed by atoms with Gasteiger partial charge in [0.1, 0.15) is 6.17 Å². The van der Waals surface area contributed by atoms with Crippen LogP contribution in [0.1, 0.15) is 24.6 Å². The monoisotopic (exact) mass is 369 g/mol. The predicted molar refractivity (Wildman–Crippen MR) is 97.7 cm³/mol. The van der Waals surface area contributed by atoms with Crippen LogP contribution in [0, 0.1) is 10.1 Å². The van der Waals surface area contributed by atoms with Crippen LogP contribution in [0.3, 0.4) is 0 Å². The Morgan fingerprint density at radius 1 is 1.22 bits per heavy atom. The highest BCUT2D eigenvalue weighted by atomic mass is 16.6. The Morgan fingerprint density at radius 2 is 1.96 bits per heavy atom. The summed E-state index contributed by atoms with van der Waals surface area (Å²) in [7, 11) is 1.48. The number of hydrogen-bond acceptors (Lipinski definition) is 6. The molecule has 1 unspecified atom stereocenters. The highest BCUT2D eigenvalue weighted by molar-refractivity contribution is 6.00. The molecule has 2 aromatic carbocycles. The molecule has 2 aliphatic heterocycles. The number of nitrogens with zero attached hydrogens (tertiary/aromatic N) is 3. The summed E-state index contributed by atoms with van der Waals surface area (Å²) >= 11 is 0. The van der Waals surface area contributed by atoms with Gasteiger partial charge >= 0.3 is 0 Å². The molecule has 1 N–H and O–H groups in total. The van der Waals surface area contributed by atoms with E-state index in [0.717, 1.165) is 24.9 Å². The summed E-state index contributed by atoms with van der Waals surface area (Å²) < 4.78 is 5.11. The van der Waals surface area contributed by atoms with Gasteiger partial charge in [0, 0.05) is 24.4 Å². The van der Waals surface area contributed by atoms with Crippen LogP contribution in [0.5, 0.6) is 11.5 Å². The molecular weight excluding hydrogens is 350 g/mol. The lowest BCUT2D eigenvalue weighted by Gasteiger charge is -2.30. The van der Waals surface area contributed by atoms with Crippen molar-refractivity contribution in [3.8, 4) is 11.5 Å². The molecule has 0 bridgehead atoms. The van der Waals surface area contributed by atoms with Gasteiger partial charge in [-0.25, -0.2) is 0 Å². The third-order valence-corrected chi connectivity index (χ3v) is 5.22. The van der Waals surface area contributed by atoms with Crippen molar-refractivity contribution in [3.63, 3.8) is 0 Å². The number of amides is 1. The first-order valence-electron chi connectivity index (χ1n) is 8.71. The number of hydrogen-bond donors (Lipinski definition) is 1. The number of anilines is 1. The van der Waals surface area contributed by atoms with Gasteiger partial charge in [0.2, 0.25) is 5.91 Å². The second-order valence-electron chi connectivity index (χ2n) is 6.68. The molecule has 2 aliphatic rings. The molecule has 2 aromatic rings. The van der Waals surface area contributed by atoms with E-state index >= 15 is 0 Å². The van der Waals surface area contributed by atoms with Gasteiger partial charge in [0.15, 0.2) is 11.5 Å². The van der Waals surface area contributed by atoms with Gasteiger partial charge in [-0.15, -0.1) is 0 Å². The molecule has 8 heteroatoms. The van der Waals surface area contributed by atoms with Gasteiger partial charge < -0.3 is 9.84 Å². The minimum absolute atomic E-state index is 0.00810. The standard InChI is InChI=1S/C19H19N3O5/c1-27-17-9-4-12(11-16(17)23)18-20-10-2-3-15(20)19(24)21(18)13-5-7-14(8-6-13)22(25)26/h4-9,11,15,18,23H,2-3,10H2,1H3/t15-,18?/m0/s1. The van der Waals surface area contributed by atoms with Crippen molar-refractivity contribution in [1.29, 1.82) is 0 Å². The summed E-state index contributed by atoms with van der Waals surface area (Å²) in [4.78, 5) is 27.3. The van der Waals surface area contributed by atoms with Crippen LogP contribution in [-0.4, -0.2) is 40.5 Å². The minimum atomic E-state index is -0.465. The van der Waals surface area contributed by atoms with Gasteiger partial charge in [-0.1, -0.05) is 6.07 Å². The Hall–Kier alpha value is -3.13. The molecule has 0 radical (unpaired) electrons. The SMILES string of the molecule is COc1ccc(C2N(c3ccc([N+](=O)[O-])cc3)C(=O)[C@@H]3CCCN23)cc1O. The fraction of sp³-hybridized carbons (Fsp3) is 0.316. The number of benzene rings is 2. The lowest BCUT2D eigenvalue weighted by Crippen LogP contribution is -2.32. The first-order chi connectivity index (χ1) is 13.0. The maximum absolute atomic E-state index is 13.1. The zero-order chi connectivity index (χ0) is 19.1. The molecule has 0 spiro atoms. The van der Waals surface area contributed by atoms with Crippen molar-refractivity contribution in [2.75, 3.05) is 18.6 Å². The molecule has 8 nitrogen and oxygen atoms in total. The summed E-state index contributed by atoms with van der Waals surface area (Å²) in [6, 6.07) is 10.9. The van der Waals surface area contributed by atoms with E-state index < -0.39 is 4.92 Å². The lowest BCUT2D eigenvalue weighted by atomic mass is 10.1. The Labute approximate surface area is 155 Å². The summed E-state index contributed by atoms with van der Waals surface area (Å²) in [5, 5.41) is 21.1. The number of nitro benzene ring substituents is 1. The summed E-state index contributed by atoms with van der Waals surface area (Å²) in [5.74, 6) is 0.346. The van der Waals surface area contributed by atoms with E-state index in [1.165, 1.54) is 19.2 Å². The molecule has 2 atom stereocenters. The average molecular weight is 369 g/mol. The lowest BCUT2D eigenvalue weighted by molar-refractivity contribution is -0.384. The Balaban J connectivity index is 1.77. The molecule has 2 heterocycles. The number of methoxy groups -OCH3 is 1. The van der Waals surface area contributed by atoms with E-state index in [4.69, 9.17) is 4.74 Å². The number of non-ortho nitro benzene ring substituents is 1. The number of nitro groups is 1. The number of aromatic hydroxyl groups is 1. The molecule has 140 valence electrons. The normalized spacial score (nSPS) is 22.1. The predicted octanol–water partition coefficient (Wildman–Crippen LogP) is 2.82. The molecule has 2 fully saturated rings. The number of carbonyl (C=O) groups excluding carboxylic acids is 1. The van der Waals surface area contributed by atoms with Crippen molar-refractivity contribution in [3.05, 3.63) is 58.1 Å². The number of rotatable bonds is 4. The average Bonchev–Trinajstić information content (AvgIpc) is 3.24. The fourth-order valence-corrected chi connectivity index (χ4v) is 3.99.